The van der Waals surface area contributed by atoms with Gasteiger partial charge in [0.2, 0.25) is 0 Å². The summed E-state index contributed by atoms with van der Waals surface area (Å²) in [5.74, 6) is 1.38. The molecule has 0 aliphatic rings. The van der Waals surface area contributed by atoms with Crippen LogP contribution in [0.2, 0.25) is 0 Å². The third kappa shape index (κ3) is 2.11. The number of nitrogens with one attached hydrogen (secondary N) is 1. The summed E-state index contributed by atoms with van der Waals surface area (Å²) in [5, 5.41) is 3.18. The lowest BCUT2D eigenvalue weighted by molar-refractivity contribution is 1.02. The number of aromatic nitrogens is 2. The van der Waals surface area contributed by atoms with Crippen LogP contribution in [-0.4, -0.2) is 9.97 Å². The maximum atomic E-state index is 5.91. The van der Waals surface area contributed by atoms with E-state index < -0.39 is 0 Å². The highest BCUT2D eigenvalue weighted by atomic mass is 15.1. The van der Waals surface area contributed by atoms with Gasteiger partial charge in [-0.2, -0.15) is 0 Å². The fraction of sp³-hybridized carbons (Fsp3) is 0.167. The van der Waals surface area contributed by atoms with Crippen LogP contribution in [0.3, 0.4) is 0 Å². The van der Waals surface area contributed by atoms with Crippen molar-refractivity contribution in [1.29, 1.82) is 0 Å². The third-order valence-corrected chi connectivity index (χ3v) is 2.28. The summed E-state index contributed by atoms with van der Waals surface area (Å²) in [7, 11) is 0. The largest absolute Gasteiger partial charge is 0.394 e. The summed E-state index contributed by atoms with van der Waals surface area (Å²) >= 11 is 0. The van der Waals surface area contributed by atoms with Crippen molar-refractivity contribution in [1.82, 2.24) is 9.97 Å². The van der Waals surface area contributed by atoms with E-state index in [-0.39, 0.29) is 0 Å². The zero-order valence-electron chi connectivity index (χ0n) is 9.36. The molecule has 1 aromatic carbocycles. The minimum atomic E-state index is 0.592. The topological polar surface area (TPSA) is 63.8 Å². The minimum Gasteiger partial charge on any atom is -0.394 e. The lowest BCUT2D eigenvalue weighted by Gasteiger charge is -2.10. The zero-order chi connectivity index (χ0) is 11.5. The van der Waals surface area contributed by atoms with Crippen LogP contribution in [0.5, 0.6) is 0 Å². The molecule has 16 heavy (non-hydrogen) atoms. The number of nitrogens with zero attached hydrogens (tertiary/aromatic N) is 2. The van der Waals surface area contributed by atoms with Crippen molar-refractivity contribution in [2.75, 3.05) is 11.1 Å². The molecule has 1 aromatic heterocycles. The molecule has 0 unspecified atom stereocenters. The van der Waals surface area contributed by atoms with Crippen LogP contribution in [0.15, 0.2) is 30.3 Å². The predicted molar refractivity (Wildman–Crippen MR) is 65.6 cm³/mol. The number of para-hydroxylation sites is 1. The smallest absolute Gasteiger partial charge is 0.157 e. The fourth-order valence-electron chi connectivity index (χ4n) is 1.47. The molecule has 2 aromatic rings. The van der Waals surface area contributed by atoms with E-state index in [1.165, 1.54) is 0 Å². The number of nitrogens with two attached hydrogens (primary N) is 1. The molecule has 1 heterocycles. The molecule has 82 valence electrons. The quantitative estimate of drug-likeness (QED) is 0.805. The molecule has 3 N–H and O–H groups in total. The van der Waals surface area contributed by atoms with Crippen molar-refractivity contribution in [3.63, 3.8) is 0 Å². The lowest BCUT2D eigenvalue weighted by atomic mass is 10.3. The minimum absolute atomic E-state index is 0.592. The van der Waals surface area contributed by atoms with Crippen LogP contribution in [0.1, 0.15) is 11.5 Å². The Labute approximate surface area is 94.5 Å². The Bertz CT molecular complexity index is 494. The van der Waals surface area contributed by atoms with Gasteiger partial charge in [0.15, 0.2) is 5.82 Å². The summed E-state index contributed by atoms with van der Waals surface area (Å²) in [6, 6.07) is 9.81. The van der Waals surface area contributed by atoms with E-state index in [9.17, 15) is 0 Å². The first kappa shape index (κ1) is 10.4. The molecule has 0 saturated heterocycles. The molecule has 0 aliphatic carbocycles. The number of rotatable bonds is 2. The molecule has 2 rings (SSSR count). The Kier molecular flexibility index (Phi) is 2.72. The molecule has 0 radical (unpaired) electrons. The summed E-state index contributed by atoms with van der Waals surface area (Å²) in [5.41, 5.74) is 8.27. The molecule has 0 fully saturated rings. The predicted octanol–water partition coefficient (Wildman–Crippen LogP) is 2.42. The zero-order valence-corrected chi connectivity index (χ0v) is 9.36. The summed E-state index contributed by atoms with van der Waals surface area (Å²) in [6.07, 6.45) is 0. The third-order valence-electron chi connectivity index (χ3n) is 2.28. The standard InChI is InChI=1S/C12H14N4/c1-8-11(13)12(15-9(2)14-8)16-10-6-4-3-5-7-10/h3-7H,13H2,1-2H3,(H,14,15,16). The van der Waals surface area contributed by atoms with Gasteiger partial charge in [0.1, 0.15) is 5.82 Å². The van der Waals surface area contributed by atoms with Crippen molar-refractivity contribution < 1.29 is 0 Å². The number of hydrogen-bond acceptors (Lipinski definition) is 4. The van der Waals surface area contributed by atoms with Gasteiger partial charge in [-0.25, -0.2) is 9.97 Å². The van der Waals surface area contributed by atoms with Gasteiger partial charge in [-0.15, -0.1) is 0 Å². The van der Waals surface area contributed by atoms with Crippen molar-refractivity contribution in [3.05, 3.63) is 41.9 Å². The Morgan fingerprint density at radius 1 is 1.06 bits per heavy atom. The summed E-state index contributed by atoms with van der Waals surface area (Å²) < 4.78 is 0. The van der Waals surface area contributed by atoms with Crippen LogP contribution in [-0.2, 0) is 0 Å². The first-order valence-electron chi connectivity index (χ1n) is 5.09. The second-order valence-electron chi connectivity index (χ2n) is 3.61. The Morgan fingerprint density at radius 2 is 1.75 bits per heavy atom. The Balaban J connectivity index is 2.35. The highest BCUT2D eigenvalue weighted by molar-refractivity contribution is 5.70. The van der Waals surface area contributed by atoms with Crippen LogP contribution in [0, 0.1) is 13.8 Å². The molecule has 4 nitrogen and oxygen atoms in total. The van der Waals surface area contributed by atoms with E-state index in [4.69, 9.17) is 5.73 Å². The summed E-state index contributed by atoms with van der Waals surface area (Å²) in [6.45, 7) is 3.72. The first-order chi connectivity index (χ1) is 7.66. The molecule has 0 atom stereocenters. The van der Waals surface area contributed by atoms with Gasteiger partial charge in [0.25, 0.3) is 0 Å². The van der Waals surface area contributed by atoms with Crippen LogP contribution in [0.4, 0.5) is 17.2 Å². The lowest BCUT2D eigenvalue weighted by Crippen LogP contribution is -2.05. The molecule has 0 bridgehead atoms. The first-order valence-corrected chi connectivity index (χ1v) is 5.09. The van der Waals surface area contributed by atoms with Gasteiger partial charge < -0.3 is 11.1 Å². The average Bonchev–Trinajstić information content (AvgIpc) is 2.27. The highest BCUT2D eigenvalue weighted by Gasteiger charge is 2.06. The second-order valence-corrected chi connectivity index (χ2v) is 3.61. The van der Waals surface area contributed by atoms with Crippen LogP contribution >= 0.6 is 0 Å². The van der Waals surface area contributed by atoms with Crippen molar-refractivity contribution in [2.24, 2.45) is 0 Å². The number of hydrogen-bond donors (Lipinski definition) is 2. The average molecular weight is 214 g/mol. The second kappa shape index (κ2) is 4.18. The van der Waals surface area contributed by atoms with E-state index in [2.05, 4.69) is 15.3 Å². The van der Waals surface area contributed by atoms with E-state index >= 15 is 0 Å². The van der Waals surface area contributed by atoms with Gasteiger partial charge in [-0.3, -0.25) is 0 Å². The molecular weight excluding hydrogens is 200 g/mol. The van der Waals surface area contributed by atoms with Gasteiger partial charge >= 0.3 is 0 Å². The number of anilines is 3. The maximum absolute atomic E-state index is 5.91. The normalized spacial score (nSPS) is 10.1. The highest BCUT2D eigenvalue weighted by Crippen LogP contribution is 2.22. The fourth-order valence-corrected chi connectivity index (χ4v) is 1.47. The molecule has 0 aliphatic heterocycles. The van der Waals surface area contributed by atoms with Gasteiger partial charge in [0, 0.05) is 5.69 Å². The monoisotopic (exact) mass is 214 g/mol. The van der Waals surface area contributed by atoms with Crippen molar-refractivity contribution >= 4 is 17.2 Å². The molecular formula is C12H14N4. The number of benzene rings is 1. The van der Waals surface area contributed by atoms with Gasteiger partial charge in [-0.1, -0.05) is 18.2 Å². The molecule has 0 spiro atoms. The van der Waals surface area contributed by atoms with E-state index in [0.29, 0.717) is 17.3 Å². The Morgan fingerprint density at radius 3 is 2.44 bits per heavy atom. The SMILES string of the molecule is Cc1nc(C)c(N)c(Nc2ccccc2)n1. The molecule has 0 amide bonds. The van der Waals surface area contributed by atoms with Gasteiger partial charge in [0.05, 0.1) is 11.4 Å². The van der Waals surface area contributed by atoms with Crippen LogP contribution < -0.4 is 11.1 Å². The Hall–Kier alpha value is -2.10. The van der Waals surface area contributed by atoms with Crippen molar-refractivity contribution in [3.8, 4) is 0 Å². The van der Waals surface area contributed by atoms with E-state index in [1.54, 1.807) is 0 Å². The van der Waals surface area contributed by atoms with Gasteiger partial charge in [-0.05, 0) is 26.0 Å². The molecule has 4 heteroatoms. The van der Waals surface area contributed by atoms with E-state index in [0.717, 1.165) is 11.4 Å². The van der Waals surface area contributed by atoms with Crippen molar-refractivity contribution in [2.45, 2.75) is 13.8 Å². The molecule has 0 saturated carbocycles. The number of nitrogen functional groups attached to an aromatic ring is 1. The number of aryl methyl sites for hydroxylation is 2. The summed E-state index contributed by atoms with van der Waals surface area (Å²) in [4.78, 5) is 8.48. The van der Waals surface area contributed by atoms with Crippen LogP contribution in [0.25, 0.3) is 0 Å². The maximum Gasteiger partial charge on any atom is 0.157 e. The van der Waals surface area contributed by atoms with E-state index in [1.807, 2.05) is 44.2 Å².